The molecule has 0 unspecified atom stereocenters. The second-order valence-corrected chi connectivity index (χ2v) is 9.53. The highest BCUT2D eigenvalue weighted by atomic mass is 32.2. The van der Waals surface area contributed by atoms with Crippen LogP contribution in [0, 0.1) is 0 Å². The minimum absolute atomic E-state index is 0.0519. The molecule has 3 atom stereocenters. The van der Waals surface area contributed by atoms with Gasteiger partial charge in [-0.3, -0.25) is 4.79 Å². The molecule has 1 heterocycles. The third kappa shape index (κ3) is 4.90. The van der Waals surface area contributed by atoms with Crippen LogP contribution in [0.3, 0.4) is 0 Å². The third-order valence-electron chi connectivity index (χ3n) is 6.19. The topological polar surface area (TPSA) is 48.0 Å². The molecule has 0 aromatic heterocycles. The van der Waals surface area contributed by atoms with E-state index in [1.54, 1.807) is 26.0 Å². The number of ether oxygens (including phenoxy) is 3. The zero-order valence-electron chi connectivity index (χ0n) is 20.1. The van der Waals surface area contributed by atoms with E-state index in [4.69, 9.17) is 14.2 Å². The number of benzene rings is 4. The first kappa shape index (κ1) is 23.8. The molecule has 0 N–H and O–H groups in total. The maximum atomic E-state index is 13.7. The summed E-state index contributed by atoms with van der Waals surface area (Å²) in [5.41, 5.74) is 2.00. The van der Waals surface area contributed by atoms with E-state index >= 15 is 0 Å². The summed E-state index contributed by atoms with van der Waals surface area (Å²) in [5, 5.41) is -0.256. The minimum atomic E-state index is -0.627. The smallest absolute Gasteiger partial charge is 0.268 e. The highest BCUT2D eigenvalue weighted by Crippen LogP contribution is 2.49. The van der Waals surface area contributed by atoms with Crippen molar-refractivity contribution in [1.29, 1.82) is 0 Å². The summed E-state index contributed by atoms with van der Waals surface area (Å²) in [6.45, 7) is 0. The maximum absolute atomic E-state index is 13.7. The predicted octanol–water partition coefficient (Wildman–Crippen LogP) is 6.53. The fourth-order valence-electron chi connectivity index (χ4n) is 4.32. The highest BCUT2D eigenvalue weighted by molar-refractivity contribution is 7.99. The number of methoxy groups -OCH3 is 2. The molecular weight excluding hydrogens is 470 g/mol. The van der Waals surface area contributed by atoms with Crippen molar-refractivity contribution in [2.45, 2.75) is 22.4 Å². The van der Waals surface area contributed by atoms with Crippen LogP contribution < -0.4 is 14.2 Å². The van der Waals surface area contributed by atoms with E-state index in [-0.39, 0.29) is 17.3 Å². The molecule has 0 saturated carbocycles. The Morgan fingerprint density at radius 2 is 1.25 bits per heavy atom. The van der Waals surface area contributed by atoms with E-state index in [0.717, 1.165) is 27.5 Å². The largest absolute Gasteiger partial charge is 0.497 e. The van der Waals surface area contributed by atoms with Crippen molar-refractivity contribution in [2.24, 2.45) is 0 Å². The molecule has 4 aromatic carbocycles. The van der Waals surface area contributed by atoms with Crippen LogP contribution in [0.15, 0.2) is 114 Å². The van der Waals surface area contributed by atoms with Crippen molar-refractivity contribution in [3.8, 4) is 17.2 Å². The average Bonchev–Trinajstić information content (AvgIpc) is 2.95. The molecule has 1 amide bonds. The molecule has 1 saturated heterocycles. The molecule has 6 heteroatoms. The van der Waals surface area contributed by atoms with Gasteiger partial charge in [-0.05, 0) is 59.7 Å². The van der Waals surface area contributed by atoms with Crippen LogP contribution in [0.5, 0.6) is 17.2 Å². The number of rotatable bonds is 9. The number of carbonyl (C=O) groups excluding carboxylic acids is 1. The van der Waals surface area contributed by atoms with Crippen LogP contribution in [-0.2, 0) is 4.79 Å². The van der Waals surface area contributed by atoms with Crippen LogP contribution in [0.4, 0.5) is 0 Å². The molecule has 5 rings (SSSR count). The summed E-state index contributed by atoms with van der Waals surface area (Å²) in [6, 6.07) is 35.1. The number of para-hydroxylation sites is 1. The van der Waals surface area contributed by atoms with Crippen LogP contribution >= 0.6 is 11.8 Å². The van der Waals surface area contributed by atoms with Gasteiger partial charge < -0.3 is 19.1 Å². The van der Waals surface area contributed by atoms with Crippen molar-refractivity contribution in [1.82, 2.24) is 4.90 Å². The summed E-state index contributed by atoms with van der Waals surface area (Å²) < 4.78 is 17.0. The number of nitrogens with zero attached hydrogens (tertiary/aromatic N) is 1. The standard InChI is InChI=1S/C30H27NO4S/c1-33-23-17-13-21(14-18-23)27-28(35-25-9-5-3-6-10-25)29(32)31(27)30(36-26-11-7-4-8-12-26)22-15-19-24(34-2)20-16-22/h3-20,27-28,30H,1-2H3/t27-,28+,30-/m1/s1. The lowest BCUT2D eigenvalue weighted by Crippen LogP contribution is -2.61. The van der Waals surface area contributed by atoms with Crippen molar-refractivity contribution in [3.63, 3.8) is 0 Å². The summed E-state index contributed by atoms with van der Waals surface area (Å²) in [5.74, 6) is 2.16. The Hall–Kier alpha value is -3.90. The molecule has 0 radical (unpaired) electrons. The lowest BCUT2D eigenvalue weighted by atomic mass is 9.89. The summed E-state index contributed by atoms with van der Waals surface area (Å²) >= 11 is 1.64. The fraction of sp³-hybridized carbons (Fsp3) is 0.167. The second-order valence-electron chi connectivity index (χ2n) is 8.37. The molecular formula is C30H27NO4S. The van der Waals surface area contributed by atoms with E-state index in [1.807, 2.05) is 102 Å². The van der Waals surface area contributed by atoms with Crippen molar-refractivity contribution >= 4 is 17.7 Å². The molecule has 36 heavy (non-hydrogen) atoms. The van der Waals surface area contributed by atoms with E-state index in [1.165, 1.54) is 0 Å². The lowest BCUT2D eigenvalue weighted by Gasteiger charge is -2.50. The van der Waals surface area contributed by atoms with Gasteiger partial charge >= 0.3 is 0 Å². The van der Waals surface area contributed by atoms with Crippen LogP contribution in [0.1, 0.15) is 22.5 Å². The first-order valence-corrected chi connectivity index (χ1v) is 12.6. The van der Waals surface area contributed by atoms with Crippen LogP contribution in [0.25, 0.3) is 0 Å². The zero-order chi connectivity index (χ0) is 24.9. The number of hydrogen-bond acceptors (Lipinski definition) is 5. The first-order valence-electron chi connectivity index (χ1n) is 11.7. The Bertz CT molecular complexity index is 1280. The Balaban J connectivity index is 1.54. The SMILES string of the molecule is COc1ccc([C@@H](Sc2ccccc2)N2C(=O)[C@@H](Oc3ccccc3)[C@H]2c2ccc(OC)cc2)cc1. The van der Waals surface area contributed by atoms with Gasteiger partial charge in [0, 0.05) is 4.90 Å². The van der Waals surface area contributed by atoms with E-state index < -0.39 is 6.10 Å². The summed E-state index contributed by atoms with van der Waals surface area (Å²) in [7, 11) is 3.29. The van der Waals surface area contributed by atoms with E-state index in [9.17, 15) is 4.79 Å². The lowest BCUT2D eigenvalue weighted by molar-refractivity contribution is -0.165. The fourth-order valence-corrected chi connectivity index (χ4v) is 5.54. The molecule has 182 valence electrons. The molecule has 1 aliphatic rings. The summed E-state index contributed by atoms with van der Waals surface area (Å²) in [6.07, 6.45) is -0.627. The quantitative estimate of drug-likeness (QED) is 0.194. The Morgan fingerprint density at radius 3 is 1.83 bits per heavy atom. The minimum Gasteiger partial charge on any atom is -0.497 e. The van der Waals surface area contributed by atoms with E-state index in [0.29, 0.717) is 5.75 Å². The van der Waals surface area contributed by atoms with Crippen LogP contribution in [-0.4, -0.2) is 31.1 Å². The van der Waals surface area contributed by atoms with Crippen molar-refractivity contribution in [3.05, 3.63) is 120 Å². The predicted molar refractivity (Wildman–Crippen MR) is 141 cm³/mol. The normalized spacial score (nSPS) is 17.7. The average molecular weight is 498 g/mol. The van der Waals surface area contributed by atoms with Gasteiger partial charge in [-0.15, -0.1) is 0 Å². The van der Waals surface area contributed by atoms with Gasteiger partial charge in [-0.25, -0.2) is 0 Å². The Morgan fingerprint density at radius 1 is 0.694 bits per heavy atom. The number of likely N-dealkylation sites (tertiary alicyclic amines) is 1. The van der Waals surface area contributed by atoms with E-state index in [2.05, 4.69) is 12.1 Å². The molecule has 0 bridgehead atoms. The maximum Gasteiger partial charge on any atom is 0.268 e. The number of β-lactam (4-membered cyclic amide) rings is 1. The van der Waals surface area contributed by atoms with Crippen molar-refractivity contribution < 1.29 is 19.0 Å². The van der Waals surface area contributed by atoms with Gasteiger partial charge in [-0.2, -0.15) is 0 Å². The van der Waals surface area contributed by atoms with Crippen LogP contribution in [0.2, 0.25) is 0 Å². The third-order valence-corrected chi connectivity index (χ3v) is 7.46. The molecule has 4 aromatic rings. The molecule has 0 spiro atoms. The van der Waals surface area contributed by atoms with Gasteiger partial charge in [0.05, 0.1) is 14.2 Å². The molecule has 5 nitrogen and oxygen atoms in total. The monoisotopic (exact) mass is 497 g/mol. The highest BCUT2D eigenvalue weighted by Gasteiger charge is 2.53. The second kappa shape index (κ2) is 10.8. The number of hydrogen-bond donors (Lipinski definition) is 0. The first-order chi connectivity index (χ1) is 17.7. The van der Waals surface area contributed by atoms with Gasteiger partial charge in [0.15, 0.2) is 0 Å². The number of amides is 1. The zero-order valence-corrected chi connectivity index (χ0v) is 20.9. The molecule has 1 aliphatic heterocycles. The van der Waals surface area contributed by atoms with Crippen molar-refractivity contribution in [2.75, 3.05) is 14.2 Å². The number of thioether (sulfide) groups is 1. The Labute approximate surface area is 215 Å². The van der Waals surface area contributed by atoms with Gasteiger partial charge in [0.2, 0.25) is 6.10 Å². The van der Waals surface area contributed by atoms with Gasteiger partial charge in [-0.1, -0.05) is 72.4 Å². The Kier molecular flexibility index (Phi) is 7.14. The molecule has 1 fully saturated rings. The molecule has 0 aliphatic carbocycles. The summed E-state index contributed by atoms with van der Waals surface area (Å²) in [4.78, 5) is 16.7. The van der Waals surface area contributed by atoms with Gasteiger partial charge in [0.1, 0.15) is 28.7 Å². The number of carbonyl (C=O) groups is 1. The van der Waals surface area contributed by atoms with Gasteiger partial charge in [0.25, 0.3) is 5.91 Å².